The topological polar surface area (TPSA) is 47.6 Å². The lowest BCUT2D eigenvalue weighted by molar-refractivity contribution is -0.127. The Hall–Kier alpha value is -1.86. The lowest BCUT2D eigenvalue weighted by Gasteiger charge is -2.16. The van der Waals surface area contributed by atoms with Crippen molar-refractivity contribution in [3.8, 4) is 11.5 Å². The number of alkyl halides is 2. The SMILES string of the molecule is CC(Oc1ccc(Cl)cc1Br)C(=O)NCc1ccc(OC(F)F)cc1. The van der Waals surface area contributed by atoms with Crippen molar-refractivity contribution in [2.75, 3.05) is 0 Å². The van der Waals surface area contributed by atoms with Crippen LogP contribution in [-0.2, 0) is 11.3 Å². The number of rotatable bonds is 7. The van der Waals surface area contributed by atoms with Gasteiger partial charge in [0.25, 0.3) is 5.91 Å². The highest BCUT2D eigenvalue weighted by molar-refractivity contribution is 9.10. The summed E-state index contributed by atoms with van der Waals surface area (Å²) in [7, 11) is 0. The fourth-order valence-corrected chi connectivity index (χ4v) is 2.71. The number of hydrogen-bond acceptors (Lipinski definition) is 3. The lowest BCUT2D eigenvalue weighted by atomic mass is 10.2. The Labute approximate surface area is 157 Å². The number of carbonyl (C=O) groups excluding carboxylic acids is 1. The summed E-state index contributed by atoms with van der Waals surface area (Å²) in [4.78, 5) is 12.1. The van der Waals surface area contributed by atoms with Gasteiger partial charge in [0.15, 0.2) is 6.10 Å². The summed E-state index contributed by atoms with van der Waals surface area (Å²) >= 11 is 9.17. The molecule has 2 aromatic rings. The van der Waals surface area contributed by atoms with E-state index in [0.29, 0.717) is 15.2 Å². The van der Waals surface area contributed by atoms with Crippen molar-refractivity contribution >= 4 is 33.4 Å². The number of ether oxygens (including phenoxy) is 2. The number of benzene rings is 2. The zero-order valence-corrected chi connectivity index (χ0v) is 15.5. The Kier molecular flexibility index (Phi) is 7.01. The van der Waals surface area contributed by atoms with Crippen LogP contribution in [0.3, 0.4) is 0 Å². The van der Waals surface area contributed by atoms with Crippen molar-refractivity contribution in [1.29, 1.82) is 0 Å². The standard InChI is InChI=1S/C17H15BrClF2NO3/c1-10(24-15-7-4-12(19)8-14(15)18)16(23)22-9-11-2-5-13(6-3-11)25-17(20)21/h2-8,10,17H,9H2,1H3,(H,22,23). The molecular formula is C17H15BrClF2NO3. The van der Waals surface area contributed by atoms with Crippen molar-refractivity contribution in [3.63, 3.8) is 0 Å². The third-order valence-corrected chi connectivity index (χ3v) is 4.04. The van der Waals surface area contributed by atoms with E-state index in [2.05, 4.69) is 26.0 Å². The molecule has 1 amide bonds. The van der Waals surface area contributed by atoms with E-state index in [9.17, 15) is 13.6 Å². The molecule has 0 aliphatic rings. The zero-order chi connectivity index (χ0) is 18.4. The molecule has 0 saturated heterocycles. The second kappa shape index (κ2) is 9.01. The van der Waals surface area contributed by atoms with E-state index in [1.54, 1.807) is 37.3 Å². The van der Waals surface area contributed by atoms with Gasteiger partial charge in [0.2, 0.25) is 0 Å². The van der Waals surface area contributed by atoms with E-state index in [4.69, 9.17) is 16.3 Å². The van der Waals surface area contributed by atoms with Crippen molar-refractivity contribution in [3.05, 3.63) is 57.5 Å². The van der Waals surface area contributed by atoms with E-state index in [1.165, 1.54) is 12.1 Å². The summed E-state index contributed by atoms with van der Waals surface area (Å²) in [6.45, 7) is -1.00. The van der Waals surface area contributed by atoms with E-state index >= 15 is 0 Å². The molecule has 2 rings (SSSR count). The van der Waals surface area contributed by atoms with Gasteiger partial charge < -0.3 is 14.8 Å². The van der Waals surface area contributed by atoms with Crippen molar-refractivity contribution < 1.29 is 23.0 Å². The van der Waals surface area contributed by atoms with Gasteiger partial charge in [0, 0.05) is 11.6 Å². The molecule has 0 radical (unpaired) electrons. The van der Waals surface area contributed by atoms with Gasteiger partial charge in [-0.2, -0.15) is 8.78 Å². The Balaban J connectivity index is 1.86. The first-order valence-corrected chi connectivity index (χ1v) is 8.45. The highest BCUT2D eigenvalue weighted by Gasteiger charge is 2.16. The maximum absolute atomic E-state index is 12.1. The number of nitrogens with one attached hydrogen (secondary N) is 1. The molecule has 2 aromatic carbocycles. The van der Waals surface area contributed by atoms with Crippen molar-refractivity contribution in [1.82, 2.24) is 5.32 Å². The number of halogens is 4. The number of amides is 1. The third-order valence-electron chi connectivity index (χ3n) is 3.18. The average Bonchev–Trinajstić information content (AvgIpc) is 2.56. The van der Waals surface area contributed by atoms with Crippen LogP contribution in [0.25, 0.3) is 0 Å². The smallest absolute Gasteiger partial charge is 0.387 e. The molecule has 0 spiro atoms. The Morgan fingerprint density at radius 3 is 2.48 bits per heavy atom. The molecule has 0 aromatic heterocycles. The molecule has 0 saturated carbocycles. The summed E-state index contributed by atoms with van der Waals surface area (Å²) < 4.78 is 34.7. The van der Waals surface area contributed by atoms with Crippen LogP contribution in [0, 0.1) is 0 Å². The minimum Gasteiger partial charge on any atom is -0.480 e. The van der Waals surface area contributed by atoms with Gasteiger partial charge >= 0.3 is 6.61 Å². The highest BCUT2D eigenvalue weighted by Crippen LogP contribution is 2.28. The predicted octanol–water partition coefficient (Wildman–Crippen LogP) is 4.79. The molecule has 0 aliphatic carbocycles. The van der Waals surface area contributed by atoms with E-state index in [1.807, 2.05) is 0 Å². The maximum Gasteiger partial charge on any atom is 0.387 e. The first-order chi connectivity index (χ1) is 11.8. The molecule has 1 unspecified atom stereocenters. The Bertz CT molecular complexity index is 728. The Morgan fingerprint density at radius 1 is 1.20 bits per heavy atom. The third kappa shape index (κ3) is 6.17. The largest absolute Gasteiger partial charge is 0.480 e. The van der Waals surface area contributed by atoms with Crippen LogP contribution in [-0.4, -0.2) is 18.6 Å². The molecule has 0 fully saturated rings. The molecule has 8 heteroatoms. The second-order valence-electron chi connectivity index (χ2n) is 5.08. The quantitative estimate of drug-likeness (QED) is 0.682. The Morgan fingerprint density at radius 2 is 1.88 bits per heavy atom. The second-order valence-corrected chi connectivity index (χ2v) is 6.37. The summed E-state index contributed by atoms with van der Waals surface area (Å²) in [5.41, 5.74) is 0.745. The molecule has 134 valence electrons. The summed E-state index contributed by atoms with van der Waals surface area (Å²) in [6.07, 6.45) is -0.723. The average molecular weight is 435 g/mol. The van der Waals surface area contributed by atoms with Crippen LogP contribution < -0.4 is 14.8 Å². The van der Waals surface area contributed by atoms with E-state index < -0.39 is 12.7 Å². The van der Waals surface area contributed by atoms with Crippen molar-refractivity contribution in [2.45, 2.75) is 26.2 Å². The maximum atomic E-state index is 12.1. The van der Waals surface area contributed by atoms with Gasteiger partial charge in [-0.1, -0.05) is 23.7 Å². The molecule has 1 N–H and O–H groups in total. The minimum atomic E-state index is -2.87. The van der Waals surface area contributed by atoms with E-state index in [0.717, 1.165) is 5.56 Å². The molecule has 25 heavy (non-hydrogen) atoms. The lowest BCUT2D eigenvalue weighted by Crippen LogP contribution is -2.35. The van der Waals surface area contributed by atoms with Crippen LogP contribution in [0.2, 0.25) is 5.02 Å². The molecule has 1 atom stereocenters. The van der Waals surface area contributed by atoms with Crippen LogP contribution in [0.5, 0.6) is 11.5 Å². The summed E-state index contributed by atoms with van der Waals surface area (Å²) in [5, 5.41) is 3.27. The van der Waals surface area contributed by atoms with Crippen LogP contribution in [0.4, 0.5) is 8.78 Å². The van der Waals surface area contributed by atoms with Gasteiger partial charge in [-0.05, 0) is 58.7 Å². The highest BCUT2D eigenvalue weighted by atomic mass is 79.9. The normalized spacial score (nSPS) is 11.9. The molecule has 0 bridgehead atoms. The van der Waals surface area contributed by atoms with Crippen LogP contribution in [0.15, 0.2) is 46.9 Å². The molecule has 0 aliphatic heterocycles. The number of hydrogen-bond donors (Lipinski definition) is 1. The molecule has 4 nitrogen and oxygen atoms in total. The fourth-order valence-electron chi connectivity index (χ4n) is 1.94. The first kappa shape index (κ1) is 19.5. The first-order valence-electron chi connectivity index (χ1n) is 7.28. The fraction of sp³-hybridized carbons (Fsp3) is 0.235. The van der Waals surface area contributed by atoms with Gasteiger partial charge in [-0.15, -0.1) is 0 Å². The van der Waals surface area contributed by atoms with Gasteiger partial charge in [-0.3, -0.25) is 4.79 Å². The predicted molar refractivity (Wildman–Crippen MR) is 94.2 cm³/mol. The molecule has 0 heterocycles. The summed E-state index contributed by atoms with van der Waals surface area (Å²) in [5.74, 6) is 0.254. The zero-order valence-electron chi connectivity index (χ0n) is 13.1. The minimum absolute atomic E-state index is 0.0642. The summed E-state index contributed by atoms with van der Waals surface area (Å²) in [6, 6.07) is 11.0. The van der Waals surface area contributed by atoms with E-state index in [-0.39, 0.29) is 18.2 Å². The van der Waals surface area contributed by atoms with Crippen molar-refractivity contribution in [2.24, 2.45) is 0 Å². The monoisotopic (exact) mass is 433 g/mol. The van der Waals surface area contributed by atoms with Gasteiger partial charge in [0.1, 0.15) is 11.5 Å². The van der Waals surface area contributed by atoms with Crippen LogP contribution >= 0.6 is 27.5 Å². The molecular weight excluding hydrogens is 420 g/mol. The van der Waals surface area contributed by atoms with Gasteiger partial charge in [-0.25, -0.2) is 0 Å². The van der Waals surface area contributed by atoms with Gasteiger partial charge in [0.05, 0.1) is 4.47 Å². The number of carbonyl (C=O) groups is 1. The van der Waals surface area contributed by atoms with Crippen LogP contribution in [0.1, 0.15) is 12.5 Å².